The van der Waals surface area contributed by atoms with Crippen molar-refractivity contribution in [3.63, 3.8) is 0 Å². The van der Waals surface area contributed by atoms with Gasteiger partial charge >= 0.3 is 0 Å². The van der Waals surface area contributed by atoms with Gasteiger partial charge in [-0.3, -0.25) is 9.36 Å². The van der Waals surface area contributed by atoms with Gasteiger partial charge in [0.15, 0.2) is 0 Å². The van der Waals surface area contributed by atoms with Gasteiger partial charge in [0, 0.05) is 54.4 Å². The van der Waals surface area contributed by atoms with Crippen LogP contribution in [-0.2, 0) is 13.0 Å². The zero-order chi connectivity index (χ0) is 18.4. The summed E-state index contributed by atoms with van der Waals surface area (Å²) in [5.41, 5.74) is 5.00. The molecular formula is C21H18N4O2. The van der Waals surface area contributed by atoms with Crippen molar-refractivity contribution in [3.05, 3.63) is 76.0 Å². The van der Waals surface area contributed by atoms with Crippen molar-refractivity contribution in [2.75, 3.05) is 6.54 Å². The van der Waals surface area contributed by atoms with Crippen LogP contribution in [0.3, 0.4) is 0 Å². The number of fused-ring (bicyclic) bond motifs is 3. The number of nitrogens with one attached hydrogen (secondary N) is 1. The molecule has 4 aromatic rings. The highest BCUT2D eigenvalue weighted by molar-refractivity contribution is 5.84. The number of aryl methyl sites for hydroxylation is 1. The van der Waals surface area contributed by atoms with Crippen LogP contribution >= 0.6 is 0 Å². The fourth-order valence-corrected chi connectivity index (χ4v) is 3.55. The van der Waals surface area contributed by atoms with Gasteiger partial charge in [-0.15, -0.1) is 0 Å². The van der Waals surface area contributed by atoms with E-state index in [0.717, 1.165) is 53.2 Å². The fourth-order valence-electron chi connectivity index (χ4n) is 3.55. The Hall–Kier alpha value is -3.25. The van der Waals surface area contributed by atoms with E-state index in [-0.39, 0.29) is 5.56 Å². The lowest BCUT2D eigenvalue weighted by Gasteiger charge is -2.10. The van der Waals surface area contributed by atoms with Gasteiger partial charge in [-0.25, -0.2) is 0 Å². The van der Waals surface area contributed by atoms with Gasteiger partial charge < -0.3 is 9.73 Å². The molecule has 6 heteroatoms. The zero-order valence-corrected chi connectivity index (χ0v) is 14.9. The number of benzene rings is 1. The van der Waals surface area contributed by atoms with Crippen LogP contribution in [0.1, 0.15) is 17.0 Å². The average Bonchev–Trinajstić information content (AvgIpc) is 3.06. The highest BCUT2D eigenvalue weighted by atomic mass is 16.3. The highest BCUT2D eigenvalue weighted by Crippen LogP contribution is 2.29. The summed E-state index contributed by atoms with van der Waals surface area (Å²) >= 11 is 0. The third-order valence-corrected chi connectivity index (χ3v) is 4.98. The minimum absolute atomic E-state index is 0.118. The fraction of sp³-hybridized carbons (Fsp3) is 0.190. The Morgan fingerprint density at radius 1 is 1.11 bits per heavy atom. The van der Waals surface area contributed by atoms with Crippen LogP contribution < -0.4 is 10.9 Å². The van der Waals surface area contributed by atoms with Crippen molar-refractivity contribution >= 4 is 11.0 Å². The second kappa shape index (κ2) is 6.17. The maximum atomic E-state index is 12.7. The van der Waals surface area contributed by atoms with Crippen molar-refractivity contribution in [1.29, 1.82) is 0 Å². The molecule has 0 saturated carbocycles. The minimum atomic E-state index is -0.118. The van der Waals surface area contributed by atoms with E-state index >= 15 is 0 Å². The summed E-state index contributed by atoms with van der Waals surface area (Å²) in [5.74, 6) is 1.04. The number of pyridine rings is 1. The van der Waals surface area contributed by atoms with Gasteiger partial charge in [0.1, 0.15) is 11.3 Å². The van der Waals surface area contributed by atoms with Crippen molar-refractivity contribution in [2.24, 2.45) is 0 Å². The Morgan fingerprint density at radius 3 is 2.85 bits per heavy atom. The van der Waals surface area contributed by atoms with Crippen LogP contribution in [0.15, 0.2) is 57.9 Å². The van der Waals surface area contributed by atoms with Crippen LogP contribution in [-0.4, -0.2) is 21.3 Å². The molecule has 5 rings (SSSR count). The smallest absolute Gasteiger partial charge is 0.255 e. The quantitative estimate of drug-likeness (QED) is 0.596. The van der Waals surface area contributed by atoms with Gasteiger partial charge in [-0.2, -0.15) is 10.2 Å². The number of hydrogen-bond acceptors (Lipinski definition) is 5. The van der Waals surface area contributed by atoms with Gasteiger partial charge in [0.2, 0.25) is 0 Å². The maximum Gasteiger partial charge on any atom is 0.255 e. The van der Waals surface area contributed by atoms with E-state index in [1.54, 1.807) is 16.8 Å². The Kier molecular flexibility index (Phi) is 3.65. The number of aromatic nitrogens is 3. The molecule has 0 aliphatic carbocycles. The molecule has 1 aliphatic heterocycles. The van der Waals surface area contributed by atoms with Gasteiger partial charge in [0.25, 0.3) is 5.56 Å². The van der Waals surface area contributed by atoms with E-state index in [0.29, 0.717) is 5.69 Å². The molecule has 3 aromatic heterocycles. The molecule has 0 bridgehead atoms. The third-order valence-electron chi connectivity index (χ3n) is 4.98. The maximum absolute atomic E-state index is 12.7. The average molecular weight is 358 g/mol. The van der Waals surface area contributed by atoms with Gasteiger partial charge in [0.05, 0.1) is 17.1 Å². The zero-order valence-electron chi connectivity index (χ0n) is 14.9. The lowest BCUT2D eigenvalue weighted by atomic mass is 10.1. The largest absolute Gasteiger partial charge is 0.461 e. The first-order chi connectivity index (χ1) is 13.2. The topological polar surface area (TPSA) is 73.0 Å². The van der Waals surface area contributed by atoms with Crippen LogP contribution in [0.25, 0.3) is 27.9 Å². The molecule has 0 amide bonds. The summed E-state index contributed by atoms with van der Waals surface area (Å²) in [4.78, 5) is 12.7. The summed E-state index contributed by atoms with van der Waals surface area (Å²) in [6.45, 7) is 3.64. The van der Waals surface area contributed by atoms with Crippen molar-refractivity contribution in [2.45, 2.75) is 19.9 Å². The summed E-state index contributed by atoms with van der Waals surface area (Å²) in [5, 5.41) is 12.7. The second-order valence-corrected chi connectivity index (χ2v) is 6.79. The van der Waals surface area contributed by atoms with Gasteiger partial charge in [-0.1, -0.05) is 0 Å². The van der Waals surface area contributed by atoms with Crippen molar-refractivity contribution < 1.29 is 4.42 Å². The van der Waals surface area contributed by atoms with E-state index in [9.17, 15) is 4.79 Å². The highest BCUT2D eigenvalue weighted by Gasteiger charge is 2.17. The molecule has 0 radical (unpaired) electrons. The number of hydrogen-bond donors (Lipinski definition) is 1. The molecule has 0 atom stereocenters. The van der Waals surface area contributed by atoms with Crippen LogP contribution in [0.2, 0.25) is 0 Å². The van der Waals surface area contributed by atoms with E-state index in [2.05, 4.69) is 15.5 Å². The lowest BCUT2D eigenvalue weighted by Crippen LogP contribution is -2.22. The molecule has 0 unspecified atom stereocenters. The summed E-state index contributed by atoms with van der Waals surface area (Å²) in [7, 11) is 0. The van der Waals surface area contributed by atoms with E-state index in [1.807, 2.05) is 43.3 Å². The Labute approximate surface area is 155 Å². The molecular weight excluding hydrogens is 340 g/mol. The second-order valence-electron chi connectivity index (χ2n) is 6.79. The first-order valence-corrected chi connectivity index (χ1v) is 8.98. The summed E-state index contributed by atoms with van der Waals surface area (Å²) < 4.78 is 7.64. The Bertz CT molecular complexity index is 1210. The molecule has 4 heterocycles. The minimum Gasteiger partial charge on any atom is -0.461 e. The first kappa shape index (κ1) is 16.0. The monoisotopic (exact) mass is 358 g/mol. The molecule has 0 spiro atoms. The molecule has 1 N–H and O–H groups in total. The van der Waals surface area contributed by atoms with Crippen LogP contribution in [0.5, 0.6) is 0 Å². The predicted molar refractivity (Wildman–Crippen MR) is 103 cm³/mol. The van der Waals surface area contributed by atoms with E-state index in [1.165, 1.54) is 5.56 Å². The SMILES string of the molecule is Cc1ccc(-c2ccn(-c3ccc4c5c(oc4c3)CCNC5)c(=O)c2)nn1. The Morgan fingerprint density at radius 2 is 2.04 bits per heavy atom. The summed E-state index contributed by atoms with van der Waals surface area (Å²) in [6, 6.07) is 13.1. The van der Waals surface area contributed by atoms with Crippen LogP contribution in [0.4, 0.5) is 0 Å². The molecule has 134 valence electrons. The molecule has 0 fully saturated rings. The number of nitrogens with zero attached hydrogens (tertiary/aromatic N) is 3. The molecule has 1 aliphatic rings. The van der Waals surface area contributed by atoms with Crippen molar-refractivity contribution in [3.8, 4) is 16.9 Å². The predicted octanol–water partition coefficient (Wildman–Crippen LogP) is 2.99. The van der Waals surface area contributed by atoms with Gasteiger partial charge in [-0.05, 0) is 37.3 Å². The molecule has 6 nitrogen and oxygen atoms in total. The Balaban J connectivity index is 1.56. The molecule has 1 aromatic carbocycles. The summed E-state index contributed by atoms with van der Waals surface area (Å²) in [6.07, 6.45) is 2.66. The third kappa shape index (κ3) is 2.74. The van der Waals surface area contributed by atoms with Crippen molar-refractivity contribution in [1.82, 2.24) is 20.1 Å². The normalized spacial score (nSPS) is 13.7. The molecule has 0 saturated heterocycles. The van der Waals surface area contributed by atoms with E-state index < -0.39 is 0 Å². The first-order valence-electron chi connectivity index (χ1n) is 8.98. The molecule has 27 heavy (non-hydrogen) atoms. The lowest BCUT2D eigenvalue weighted by molar-refractivity contribution is 0.500. The number of furan rings is 1. The van der Waals surface area contributed by atoms with E-state index in [4.69, 9.17) is 4.42 Å². The number of rotatable bonds is 2. The van der Waals surface area contributed by atoms with Crippen LogP contribution in [0, 0.1) is 6.92 Å². The standard InChI is InChI=1S/C21H18N4O2/c1-13-2-5-18(24-23-13)14-7-9-25(21(26)10-14)15-3-4-16-17-12-22-8-6-19(17)27-20(16)11-15/h2-5,7,9-11,22H,6,8,12H2,1H3.